The van der Waals surface area contributed by atoms with Gasteiger partial charge in [0.15, 0.2) is 0 Å². The number of hydrogen-bond donors (Lipinski definition) is 1. The molecule has 0 aromatic heterocycles. The van der Waals surface area contributed by atoms with Crippen LogP contribution in [-0.2, 0) is 0 Å². The largest absolute Gasteiger partial charge is 0.399 e. The smallest absolute Gasteiger partial charge is 0.0316 e. The Balaban J connectivity index is 2.24. The molecule has 0 heterocycles. The Labute approximate surface area is 79.3 Å². The lowest BCUT2D eigenvalue weighted by Crippen LogP contribution is -1.99. The molecule has 2 N–H and O–H groups in total. The van der Waals surface area contributed by atoms with Crippen molar-refractivity contribution in [2.75, 3.05) is 5.73 Å². The van der Waals surface area contributed by atoms with Gasteiger partial charge in [-0.15, -0.1) is 0 Å². The van der Waals surface area contributed by atoms with Crippen LogP contribution in [0.15, 0.2) is 36.4 Å². The van der Waals surface area contributed by atoms with Gasteiger partial charge in [0.1, 0.15) is 0 Å². The average Bonchev–Trinajstić information content (AvgIpc) is 2.19. The van der Waals surface area contributed by atoms with E-state index in [1.54, 1.807) is 0 Å². The first-order valence-electron chi connectivity index (χ1n) is 4.88. The van der Waals surface area contributed by atoms with E-state index in [1.165, 1.54) is 24.8 Å². The minimum atomic E-state index is 0.595. The van der Waals surface area contributed by atoms with Gasteiger partial charge in [-0.2, -0.15) is 0 Å². The van der Waals surface area contributed by atoms with Crippen LogP contribution in [0.3, 0.4) is 0 Å². The maximum Gasteiger partial charge on any atom is 0.0316 e. The van der Waals surface area contributed by atoms with Crippen LogP contribution in [0, 0.1) is 0 Å². The number of hydrogen-bond acceptors (Lipinski definition) is 1. The second-order valence-corrected chi connectivity index (χ2v) is 3.64. The molecule has 0 aliphatic heterocycles. The van der Waals surface area contributed by atoms with Crippen LogP contribution in [0.4, 0.5) is 5.69 Å². The van der Waals surface area contributed by atoms with E-state index in [0.717, 1.165) is 5.69 Å². The molecule has 0 saturated carbocycles. The van der Waals surface area contributed by atoms with Crippen molar-refractivity contribution in [2.45, 2.75) is 25.2 Å². The van der Waals surface area contributed by atoms with Gasteiger partial charge in [-0.25, -0.2) is 0 Å². The van der Waals surface area contributed by atoms with Crippen LogP contribution in [-0.4, -0.2) is 0 Å². The molecule has 0 saturated heterocycles. The van der Waals surface area contributed by atoms with Gasteiger partial charge in [0.2, 0.25) is 0 Å². The van der Waals surface area contributed by atoms with Crippen molar-refractivity contribution >= 4 is 5.69 Å². The Morgan fingerprint density at radius 1 is 1.31 bits per heavy atom. The molecule has 1 aromatic rings. The van der Waals surface area contributed by atoms with Crippen molar-refractivity contribution in [3.8, 4) is 0 Å². The second kappa shape index (κ2) is 3.65. The number of rotatable bonds is 1. The first-order valence-corrected chi connectivity index (χ1v) is 4.88. The minimum Gasteiger partial charge on any atom is -0.399 e. The lowest BCUT2D eigenvalue weighted by molar-refractivity contribution is 0.654. The summed E-state index contributed by atoms with van der Waals surface area (Å²) in [6.07, 6.45) is 8.38. The Bertz CT molecular complexity index is 315. The fourth-order valence-corrected chi connectivity index (χ4v) is 1.88. The number of anilines is 1. The van der Waals surface area contributed by atoms with Gasteiger partial charge in [-0.05, 0) is 37.0 Å². The summed E-state index contributed by atoms with van der Waals surface area (Å²) in [7, 11) is 0. The molecule has 13 heavy (non-hydrogen) atoms. The molecule has 68 valence electrons. The number of nitrogen functional groups attached to an aromatic ring is 1. The predicted molar refractivity (Wildman–Crippen MR) is 56.6 cm³/mol. The minimum absolute atomic E-state index is 0.595. The fraction of sp³-hybridized carbons (Fsp3) is 0.333. The Kier molecular flexibility index (Phi) is 2.35. The summed E-state index contributed by atoms with van der Waals surface area (Å²) in [5, 5.41) is 0. The highest BCUT2D eigenvalue weighted by Crippen LogP contribution is 2.28. The van der Waals surface area contributed by atoms with E-state index in [9.17, 15) is 0 Å². The fourth-order valence-electron chi connectivity index (χ4n) is 1.88. The van der Waals surface area contributed by atoms with E-state index in [4.69, 9.17) is 5.73 Å². The van der Waals surface area contributed by atoms with Crippen molar-refractivity contribution < 1.29 is 0 Å². The van der Waals surface area contributed by atoms with Gasteiger partial charge in [-0.1, -0.05) is 24.3 Å². The third-order valence-electron chi connectivity index (χ3n) is 2.59. The molecular formula is C12H15N. The zero-order chi connectivity index (χ0) is 9.10. The number of benzene rings is 1. The summed E-state index contributed by atoms with van der Waals surface area (Å²) in [5.74, 6) is 0.595. The molecule has 2 rings (SSSR count). The summed E-state index contributed by atoms with van der Waals surface area (Å²) >= 11 is 0. The van der Waals surface area contributed by atoms with Crippen LogP contribution in [0.5, 0.6) is 0 Å². The van der Waals surface area contributed by atoms with Crippen LogP contribution >= 0.6 is 0 Å². The molecule has 1 unspecified atom stereocenters. The Hall–Kier alpha value is -1.24. The molecule has 1 heteroatoms. The van der Waals surface area contributed by atoms with Crippen molar-refractivity contribution in [3.05, 3.63) is 42.0 Å². The molecule has 1 aliphatic rings. The number of allylic oxidation sites excluding steroid dienone is 2. The zero-order valence-electron chi connectivity index (χ0n) is 7.74. The molecule has 0 radical (unpaired) electrons. The second-order valence-electron chi connectivity index (χ2n) is 3.64. The summed E-state index contributed by atoms with van der Waals surface area (Å²) in [6.45, 7) is 0. The molecule has 0 amide bonds. The molecule has 1 nitrogen and oxygen atoms in total. The Morgan fingerprint density at radius 2 is 2.23 bits per heavy atom. The van der Waals surface area contributed by atoms with E-state index >= 15 is 0 Å². The zero-order valence-corrected chi connectivity index (χ0v) is 7.74. The molecule has 1 aromatic carbocycles. The third-order valence-corrected chi connectivity index (χ3v) is 2.59. The van der Waals surface area contributed by atoms with Gasteiger partial charge >= 0.3 is 0 Å². The standard InChI is InChI=1S/C12H15N/c13-12-8-4-7-11(9-12)10-5-2-1-3-6-10/h2,4-5,7-10H,1,3,6,13H2. The van der Waals surface area contributed by atoms with Gasteiger partial charge in [0, 0.05) is 11.6 Å². The quantitative estimate of drug-likeness (QED) is 0.512. The molecule has 1 atom stereocenters. The van der Waals surface area contributed by atoms with E-state index in [0.29, 0.717) is 5.92 Å². The van der Waals surface area contributed by atoms with Crippen molar-refractivity contribution in [2.24, 2.45) is 0 Å². The van der Waals surface area contributed by atoms with Gasteiger partial charge in [-0.3, -0.25) is 0 Å². The highest BCUT2D eigenvalue weighted by molar-refractivity contribution is 5.42. The summed E-state index contributed by atoms with van der Waals surface area (Å²) < 4.78 is 0. The van der Waals surface area contributed by atoms with Gasteiger partial charge in [0.25, 0.3) is 0 Å². The highest BCUT2D eigenvalue weighted by Gasteiger charge is 2.10. The predicted octanol–water partition coefficient (Wildman–Crippen LogP) is 3.09. The highest BCUT2D eigenvalue weighted by atomic mass is 14.5. The summed E-state index contributed by atoms with van der Waals surface area (Å²) in [6, 6.07) is 8.22. The summed E-state index contributed by atoms with van der Waals surface area (Å²) in [5.41, 5.74) is 7.97. The molecule has 0 spiro atoms. The molecule has 0 bridgehead atoms. The molecule has 1 aliphatic carbocycles. The van der Waals surface area contributed by atoms with Crippen molar-refractivity contribution in [1.82, 2.24) is 0 Å². The van der Waals surface area contributed by atoms with E-state index in [2.05, 4.69) is 24.3 Å². The van der Waals surface area contributed by atoms with Crippen LogP contribution in [0.1, 0.15) is 30.7 Å². The summed E-state index contributed by atoms with van der Waals surface area (Å²) in [4.78, 5) is 0. The Morgan fingerprint density at radius 3 is 2.92 bits per heavy atom. The molecular weight excluding hydrogens is 158 g/mol. The topological polar surface area (TPSA) is 26.0 Å². The monoisotopic (exact) mass is 173 g/mol. The van der Waals surface area contributed by atoms with E-state index in [1.807, 2.05) is 12.1 Å². The third kappa shape index (κ3) is 1.92. The SMILES string of the molecule is Nc1cccc(C2C=CCCC2)c1. The average molecular weight is 173 g/mol. The maximum absolute atomic E-state index is 5.74. The molecule has 0 fully saturated rings. The van der Waals surface area contributed by atoms with E-state index in [-0.39, 0.29) is 0 Å². The van der Waals surface area contributed by atoms with Gasteiger partial charge < -0.3 is 5.73 Å². The van der Waals surface area contributed by atoms with Crippen LogP contribution < -0.4 is 5.73 Å². The van der Waals surface area contributed by atoms with Crippen LogP contribution in [0.2, 0.25) is 0 Å². The van der Waals surface area contributed by atoms with Crippen molar-refractivity contribution in [3.63, 3.8) is 0 Å². The van der Waals surface area contributed by atoms with Crippen LogP contribution in [0.25, 0.3) is 0 Å². The first kappa shape index (κ1) is 8.36. The normalized spacial score (nSPS) is 21.7. The van der Waals surface area contributed by atoms with Crippen molar-refractivity contribution in [1.29, 1.82) is 0 Å². The maximum atomic E-state index is 5.74. The number of nitrogens with two attached hydrogens (primary N) is 1. The lowest BCUT2D eigenvalue weighted by atomic mass is 9.89. The van der Waals surface area contributed by atoms with E-state index < -0.39 is 0 Å². The van der Waals surface area contributed by atoms with Gasteiger partial charge in [0.05, 0.1) is 0 Å². The first-order chi connectivity index (χ1) is 6.36. The lowest BCUT2D eigenvalue weighted by Gasteiger charge is -2.16.